The Bertz CT molecular complexity index is 477. The summed E-state index contributed by atoms with van der Waals surface area (Å²) in [6, 6.07) is 1.79. The molecule has 0 spiro atoms. The molecule has 0 atom stereocenters. The highest BCUT2D eigenvalue weighted by Gasteiger charge is 2.27. The van der Waals surface area contributed by atoms with E-state index in [1.165, 1.54) is 4.90 Å². The number of ether oxygens (including phenoxy) is 1. The monoisotopic (exact) mass is 265 g/mol. The van der Waals surface area contributed by atoms with Crippen LogP contribution >= 0.6 is 0 Å². The topological polar surface area (TPSA) is 75.3 Å². The maximum absolute atomic E-state index is 11.7. The van der Waals surface area contributed by atoms with Crippen LogP contribution < -0.4 is 0 Å². The van der Waals surface area contributed by atoms with Crippen molar-refractivity contribution >= 4 is 11.9 Å². The highest BCUT2D eigenvalue weighted by molar-refractivity contribution is 5.89. The van der Waals surface area contributed by atoms with Crippen molar-refractivity contribution in [3.8, 4) is 0 Å². The number of carbonyl (C=O) groups is 2. The van der Waals surface area contributed by atoms with E-state index in [-0.39, 0.29) is 24.2 Å². The largest absolute Gasteiger partial charge is 0.451 e. The van der Waals surface area contributed by atoms with Gasteiger partial charge in [-0.2, -0.15) is 5.10 Å². The molecule has 1 N–H and O–H groups in total. The van der Waals surface area contributed by atoms with Gasteiger partial charge >= 0.3 is 5.97 Å². The number of hydrogen-bond acceptors (Lipinski definition) is 4. The predicted octanol–water partition coefficient (Wildman–Crippen LogP) is 1.31. The standard InChI is InChI=1S/C13H19N3O3/c1-8(2)16(3)12(17)7-19-13(18)11-6-10(14-15-11)9-4-5-9/h6,8-9H,4-5,7H2,1-3H3,(H,14,15). The average Bonchev–Trinajstić information content (AvgIpc) is 3.12. The molecule has 1 aromatic heterocycles. The summed E-state index contributed by atoms with van der Waals surface area (Å²) >= 11 is 0. The van der Waals surface area contributed by atoms with Gasteiger partial charge in [0.2, 0.25) is 0 Å². The van der Waals surface area contributed by atoms with Crippen molar-refractivity contribution in [1.29, 1.82) is 0 Å². The van der Waals surface area contributed by atoms with Crippen LogP contribution in [0.5, 0.6) is 0 Å². The van der Waals surface area contributed by atoms with Crippen LogP contribution in [0.3, 0.4) is 0 Å². The lowest BCUT2D eigenvalue weighted by Crippen LogP contribution is -2.36. The number of rotatable bonds is 5. The second-order valence-electron chi connectivity index (χ2n) is 5.16. The van der Waals surface area contributed by atoms with Crippen molar-refractivity contribution in [2.75, 3.05) is 13.7 Å². The zero-order valence-corrected chi connectivity index (χ0v) is 11.5. The molecule has 19 heavy (non-hydrogen) atoms. The second kappa shape index (κ2) is 5.42. The van der Waals surface area contributed by atoms with Crippen molar-refractivity contribution in [2.45, 2.75) is 38.6 Å². The molecule has 0 aliphatic heterocycles. The summed E-state index contributed by atoms with van der Waals surface area (Å²) in [4.78, 5) is 24.9. The number of likely N-dealkylation sites (N-methyl/N-ethyl adjacent to an activating group) is 1. The Labute approximate surface area is 112 Å². The van der Waals surface area contributed by atoms with Gasteiger partial charge in [-0.05, 0) is 32.8 Å². The van der Waals surface area contributed by atoms with E-state index >= 15 is 0 Å². The molecule has 1 amide bonds. The number of nitrogens with zero attached hydrogens (tertiary/aromatic N) is 2. The van der Waals surface area contributed by atoms with E-state index in [9.17, 15) is 9.59 Å². The minimum atomic E-state index is -0.561. The molecule has 1 heterocycles. The van der Waals surface area contributed by atoms with Crippen molar-refractivity contribution < 1.29 is 14.3 Å². The summed E-state index contributed by atoms with van der Waals surface area (Å²) in [5, 5.41) is 6.74. The molecule has 0 bridgehead atoms. The summed E-state index contributed by atoms with van der Waals surface area (Å²) in [6.45, 7) is 3.55. The summed E-state index contributed by atoms with van der Waals surface area (Å²) < 4.78 is 4.96. The summed E-state index contributed by atoms with van der Waals surface area (Å²) in [5.41, 5.74) is 1.21. The first-order valence-electron chi connectivity index (χ1n) is 6.47. The van der Waals surface area contributed by atoms with Gasteiger partial charge in [0.25, 0.3) is 5.91 Å². The van der Waals surface area contributed by atoms with Crippen LogP contribution in [0.4, 0.5) is 0 Å². The first-order valence-corrected chi connectivity index (χ1v) is 6.47. The normalized spacial score (nSPS) is 14.5. The van der Waals surface area contributed by atoms with Crippen molar-refractivity contribution in [2.24, 2.45) is 0 Å². The highest BCUT2D eigenvalue weighted by atomic mass is 16.5. The Morgan fingerprint density at radius 3 is 2.79 bits per heavy atom. The Kier molecular flexibility index (Phi) is 3.87. The fourth-order valence-electron chi connectivity index (χ4n) is 1.64. The molecule has 6 heteroatoms. The fraction of sp³-hybridized carbons (Fsp3) is 0.615. The van der Waals surface area contributed by atoms with Crippen LogP contribution in [0, 0.1) is 0 Å². The molecule has 0 aromatic carbocycles. The first-order chi connectivity index (χ1) is 8.99. The minimum absolute atomic E-state index is 0.0815. The predicted molar refractivity (Wildman–Crippen MR) is 68.8 cm³/mol. The van der Waals surface area contributed by atoms with Crippen molar-refractivity contribution in [3.63, 3.8) is 0 Å². The Hall–Kier alpha value is -1.85. The lowest BCUT2D eigenvalue weighted by molar-refractivity contribution is -0.134. The first kappa shape index (κ1) is 13.6. The van der Waals surface area contributed by atoms with Gasteiger partial charge in [0.15, 0.2) is 12.3 Å². The molecule has 1 fully saturated rings. The second-order valence-corrected chi connectivity index (χ2v) is 5.16. The van der Waals surface area contributed by atoms with Crippen LogP contribution in [-0.4, -0.2) is 46.7 Å². The van der Waals surface area contributed by atoms with E-state index in [0.717, 1.165) is 18.5 Å². The molecule has 6 nitrogen and oxygen atoms in total. The number of hydrogen-bond donors (Lipinski definition) is 1. The van der Waals surface area contributed by atoms with Crippen LogP contribution in [0.2, 0.25) is 0 Å². The van der Waals surface area contributed by atoms with Gasteiger partial charge in [-0.1, -0.05) is 0 Å². The van der Waals surface area contributed by atoms with E-state index in [4.69, 9.17) is 4.74 Å². The third kappa shape index (κ3) is 3.33. The Morgan fingerprint density at radius 1 is 1.53 bits per heavy atom. The number of H-pyrrole nitrogens is 1. The lowest BCUT2D eigenvalue weighted by atomic mass is 10.3. The third-order valence-electron chi connectivity index (χ3n) is 3.32. The Balaban J connectivity index is 1.84. The van der Waals surface area contributed by atoms with Gasteiger partial charge in [0.1, 0.15) is 0 Å². The summed E-state index contributed by atoms with van der Waals surface area (Å²) in [6.07, 6.45) is 2.27. The molecule has 104 valence electrons. The van der Waals surface area contributed by atoms with Gasteiger partial charge in [-0.3, -0.25) is 9.89 Å². The molecule has 0 saturated heterocycles. The average molecular weight is 265 g/mol. The van der Waals surface area contributed by atoms with E-state index < -0.39 is 5.97 Å². The minimum Gasteiger partial charge on any atom is -0.451 e. The zero-order valence-electron chi connectivity index (χ0n) is 11.5. The quantitative estimate of drug-likeness (QED) is 0.814. The lowest BCUT2D eigenvalue weighted by Gasteiger charge is -2.20. The number of esters is 1. The summed E-state index contributed by atoms with van der Waals surface area (Å²) in [5.74, 6) is -0.280. The molecule has 0 unspecified atom stereocenters. The van der Waals surface area contributed by atoms with Crippen LogP contribution in [0.25, 0.3) is 0 Å². The summed E-state index contributed by atoms with van der Waals surface area (Å²) in [7, 11) is 1.68. The zero-order chi connectivity index (χ0) is 14.0. The van der Waals surface area contributed by atoms with Crippen molar-refractivity contribution in [1.82, 2.24) is 15.1 Å². The SMILES string of the molecule is CC(C)N(C)C(=O)COC(=O)c1cc(C2CC2)[nH]n1. The van der Waals surface area contributed by atoms with E-state index in [1.54, 1.807) is 13.1 Å². The van der Waals surface area contributed by atoms with E-state index in [1.807, 2.05) is 13.8 Å². The third-order valence-corrected chi connectivity index (χ3v) is 3.32. The molecule has 1 aliphatic rings. The number of aromatic amines is 1. The number of nitrogens with one attached hydrogen (secondary N) is 1. The molecule has 1 aliphatic carbocycles. The maximum Gasteiger partial charge on any atom is 0.359 e. The van der Waals surface area contributed by atoms with Crippen LogP contribution in [-0.2, 0) is 9.53 Å². The molecular formula is C13H19N3O3. The van der Waals surface area contributed by atoms with Crippen molar-refractivity contribution in [3.05, 3.63) is 17.5 Å². The van der Waals surface area contributed by atoms with Gasteiger partial charge in [-0.15, -0.1) is 0 Å². The number of carbonyl (C=O) groups excluding carboxylic acids is 2. The molecule has 1 aromatic rings. The van der Waals surface area contributed by atoms with Crippen LogP contribution in [0.15, 0.2) is 6.07 Å². The molecular weight excluding hydrogens is 246 g/mol. The molecule has 2 rings (SSSR count). The molecule has 0 radical (unpaired) electrons. The van der Waals surface area contributed by atoms with E-state index in [0.29, 0.717) is 5.92 Å². The van der Waals surface area contributed by atoms with Gasteiger partial charge in [0.05, 0.1) is 0 Å². The number of aromatic nitrogens is 2. The molecule has 1 saturated carbocycles. The van der Waals surface area contributed by atoms with Crippen LogP contribution in [0.1, 0.15) is 48.8 Å². The fourth-order valence-corrected chi connectivity index (χ4v) is 1.64. The maximum atomic E-state index is 11.7. The smallest absolute Gasteiger partial charge is 0.359 e. The highest BCUT2D eigenvalue weighted by Crippen LogP contribution is 2.38. The number of amides is 1. The Morgan fingerprint density at radius 2 is 2.21 bits per heavy atom. The van der Waals surface area contributed by atoms with Gasteiger partial charge < -0.3 is 9.64 Å². The van der Waals surface area contributed by atoms with Gasteiger partial charge in [-0.25, -0.2) is 4.79 Å². The van der Waals surface area contributed by atoms with Gasteiger partial charge in [0, 0.05) is 24.7 Å². The van der Waals surface area contributed by atoms with E-state index in [2.05, 4.69) is 10.2 Å².